The van der Waals surface area contributed by atoms with Crippen LogP contribution in [0.3, 0.4) is 0 Å². The average Bonchev–Trinajstić information content (AvgIpc) is 2.81. The SMILES string of the molecule is O=C(CCNCc1cc(Cl)cs1)N1CCOCC1. The molecule has 1 aromatic heterocycles. The number of nitrogens with one attached hydrogen (secondary N) is 1. The van der Waals surface area contributed by atoms with Crippen LogP contribution in [0.1, 0.15) is 11.3 Å². The summed E-state index contributed by atoms with van der Waals surface area (Å²) < 4.78 is 5.22. The maximum atomic E-state index is 11.8. The first-order valence-corrected chi connectivity index (χ1v) is 7.30. The van der Waals surface area contributed by atoms with E-state index in [0.717, 1.165) is 24.7 Å². The number of amides is 1. The standard InChI is InChI=1S/C12H17ClN2O2S/c13-10-7-11(18-9-10)8-14-2-1-12(16)15-3-5-17-6-4-15/h7,9,14H,1-6,8H2. The van der Waals surface area contributed by atoms with Crippen LogP contribution in [0, 0.1) is 0 Å². The molecule has 1 aromatic rings. The van der Waals surface area contributed by atoms with Crippen molar-refractivity contribution in [1.82, 2.24) is 10.2 Å². The zero-order chi connectivity index (χ0) is 12.8. The number of carbonyl (C=O) groups excluding carboxylic acids is 1. The van der Waals surface area contributed by atoms with E-state index in [1.807, 2.05) is 16.3 Å². The summed E-state index contributed by atoms with van der Waals surface area (Å²) in [5.41, 5.74) is 0. The van der Waals surface area contributed by atoms with E-state index in [-0.39, 0.29) is 5.91 Å². The van der Waals surface area contributed by atoms with Gasteiger partial charge in [-0.3, -0.25) is 4.79 Å². The second kappa shape index (κ2) is 7.09. The molecule has 1 saturated heterocycles. The monoisotopic (exact) mass is 288 g/mol. The Hall–Kier alpha value is -0.620. The van der Waals surface area contributed by atoms with Gasteiger partial charge in [-0.2, -0.15) is 0 Å². The maximum Gasteiger partial charge on any atom is 0.224 e. The zero-order valence-electron chi connectivity index (χ0n) is 10.2. The maximum absolute atomic E-state index is 11.8. The summed E-state index contributed by atoms with van der Waals surface area (Å²) in [6, 6.07) is 1.95. The summed E-state index contributed by atoms with van der Waals surface area (Å²) >= 11 is 7.47. The van der Waals surface area contributed by atoms with Crippen molar-refractivity contribution < 1.29 is 9.53 Å². The smallest absolute Gasteiger partial charge is 0.224 e. The molecule has 1 aliphatic heterocycles. The lowest BCUT2D eigenvalue weighted by Gasteiger charge is -2.26. The van der Waals surface area contributed by atoms with Crippen LogP contribution in [-0.4, -0.2) is 43.7 Å². The summed E-state index contributed by atoms with van der Waals surface area (Å²) in [5.74, 6) is 0.204. The van der Waals surface area contributed by atoms with Gasteiger partial charge in [0.1, 0.15) is 0 Å². The third kappa shape index (κ3) is 4.24. The van der Waals surface area contributed by atoms with Crippen LogP contribution in [0.15, 0.2) is 11.4 Å². The fourth-order valence-corrected chi connectivity index (χ4v) is 2.87. The van der Waals surface area contributed by atoms with Crippen LogP contribution in [0.25, 0.3) is 0 Å². The number of nitrogens with zero attached hydrogens (tertiary/aromatic N) is 1. The lowest BCUT2D eigenvalue weighted by molar-refractivity contribution is -0.135. The number of hydrogen-bond donors (Lipinski definition) is 1. The molecule has 0 atom stereocenters. The third-order valence-corrected chi connectivity index (χ3v) is 4.08. The molecular weight excluding hydrogens is 272 g/mol. The van der Waals surface area contributed by atoms with E-state index in [9.17, 15) is 4.79 Å². The number of halogens is 1. The quantitative estimate of drug-likeness (QED) is 0.839. The van der Waals surface area contributed by atoms with Crippen LogP contribution in [0.2, 0.25) is 5.02 Å². The topological polar surface area (TPSA) is 41.6 Å². The second-order valence-electron chi connectivity index (χ2n) is 4.15. The van der Waals surface area contributed by atoms with Crippen molar-refractivity contribution in [3.8, 4) is 0 Å². The number of rotatable bonds is 5. The summed E-state index contributed by atoms with van der Waals surface area (Å²) in [6.45, 7) is 4.23. The van der Waals surface area contributed by atoms with E-state index in [2.05, 4.69) is 5.32 Å². The normalized spacial score (nSPS) is 15.9. The predicted molar refractivity (Wildman–Crippen MR) is 73.1 cm³/mol. The Labute approximate surface area is 116 Å². The van der Waals surface area contributed by atoms with Crippen molar-refractivity contribution in [3.05, 3.63) is 21.3 Å². The van der Waals surface area contributed by atoms with Crippen molar-refractivity contribution in [2.45, 2.75) is 13.0 Å². The Balaban J connectivity index is 1.61. The number of morpholine rings is 1. The highest BCUT2D eigenvalue weighted by molar-refractivity contribution is 7.10. The minimum Gasteiger partial charge on any atom is -0.378 e. The Bertz CT molecular complexity index is 391. The van der Waals surface area contributed by atoms with Crippen molar-refractivity contribution >= 4 is 28.8 Å². The molecule has 1 amide bonds. The van der Waals surface area contributed by atoms with Crippen molar-refractivity contribution in [2.24, 2.45) is 0 Å². The molecule has 1 N–H and O–H groups in total. The molecule has 6 heteroatoms. The first-order valence-electron chi connectivity index (χ1n) is 6.05. The summed E-state index contributed by atoms with van der Waals surface area (Å²) in [6.07, 6.45) is 0.541. The second-order valence-corrected chi connectivity index (χ2v) is 5.58. The minimum atomic E-state index is 0.204. The predicted octanol–water partition coefficient (Wildman–Crippen LogP) is 1.74. The van der Waals surface area contributed by atoms with E-state index in [1.54, 1.807) is 11.3 Å². The molecule has 1 fully saturated rings. The molecule has 0 spiro atoms. The molecule has 100 valence electrons. The molecule has 4 nitrogen and oxygen atoms in total. The van der Waals surface area contributed by atoms with Crippen LogP contribution in [0.5, 0.6) is 0 Å². The fraction of sp³-hybridized carbons (Fsp3) is 0.583. The Kier molecular flexibility index (Phi) is 5.44. The molecule has 2 rings (SSSR count). The molecule has 0 radical (unpaired) electrons. The summed E-state index contributed by atoms with van der Waals surface area (Å²) in [4.78, 5) is 14.9. The number of ether oxygens (including phenoxy) is 1. The summed E-state index contributed by atoms with van der Waals surface area (Å²) in [7, 11) is 0. The largest absolute Gasteiger partial charge is 0.378 e. The van der Waals surface area contributed by atoms with Crippen molar-refractivity contribution in [3.63, 3.8) is 0 Å². The molecule has 18 heavy (non-hydrogen) atoms. The van der Waals surface area contributed by atoms with E-state index < -0.39 is 0 Å². The van der Waals surface area contributed by atoms with Gasteiger partial charge in [-0.25, -0.2) is 0 Å². The first kappa shape index (κ1) is 13.8. The van der Waals surface area contributed by atoms with Gasteiger partial charge < -0.3 is 15.0 Å². The average molecular weight is 289 g/mol. The van der Waals surface area contributed by atoms with Gasteiger partial charge in [0, 0.05) is 42.9 Å². The Morgan fingerprint density at radius 3 is 2.94 bits per heavy atom. The van der Waals surface area contributed by atoms with Gasteiger partial charge in [0.2, 0.25) is 5.91 Å². The molecule has 1 aliphatic rings. The van der Waals surface area contributed by atoms with Gasteiger partial charge in [-0.05, 0) is 6.07 Å². The van der Waals surface area contributed by atoms with Gasteiger partial charge in [-0.15, -0.1) is 11.3 Å². The highest BCUT2D eigenvalue weighted by atomic mass is 35.5. The first-order chi connectivity index (χ1) is 8.75. The molecule has 0 unspecified atom stereocenters. The molecule has 0 saturated carbocycles. The van der Waals surface area contributed by atoms with E-state index in [1.165, 1.54) is 4.88 Å². The molecular formula is C12H17ClN2O2S. The van der Waals surface area contributed by atoms with Gasteiger partial charge in [-0.1, -0.05) is 11.6 Å². The van der Waals surface area contributed by atoms with Crippen LogP contribution >= 0.6 is 22.9 Å². The highest BCUT2D eigenvalue weighted by Crippen LogP contribution is 2.18. The molecule has 2 heterocycles. The van der Waals surface area contributed by atoms with Crippen LogP contribution in [-0.2, 0) is 16.1 Å². The number of thiophene rings is 1. The van der Waals surface area contributed by atoms with Gasteiger partial charge >= 0.3 is 0 Å². The fourth-order valence-electron chi connectivity index (χ4n) is 1.82. The van der Waals surface area contributed by atoms with E-state index in [4.69, 9.17) is 16.3 Å². The Morgan fingerprint density at radius 1 is 1.50 bits per heavy atom. The van der Waals surface area contributed by atoms with Gasteiger partial charge in [0.25, 0.3) is 0 Å². The van der Waals surface area contributed by atoms with E-state index >= 15 is 0 Å². The number of hydrogen-bond acceptors (Lipinski definition) is 4. The molecule has 0 bridgehead atoms. The lowest BCUT2D eigenvalue weighted by Crippen LogP contribution is -2.41. The van der Waals surface area contributed by atoms with Crippen molar-refractivity contribution in [1.29, 1.82) is 0 Å². The lowest BCUT2D eigenvalue weighted by atomic mass is 10.3. The minimum absolute atomic E-state index is 0.204. The molecule has 0 aliphatic carbocycles. The third-order valence-electron chi connectivity index (χ3n) is 2.80. The van der Waals surface area contributed by atoms with E-state index in [0.29, 0.717) is 26.2 Å². The van der Waals surface area contributed by atoms with Crippen LogP contribution < -0.4 is 5.32 Å². The zero-order valence-corrected chi connectivity index (χ0v) is 11.7. The van der Waals surface area contributed by atoms with Crippen molar-refractivity contribution in [2.75, 3.05) is 32.8 Å². The van der Waals surface area contributed by atoms with Gasteiger partial charge in [0.05, 0.1) is 18.2 Å². The molecule has 0 aromatic carbocycles. The number of carbonyl (C=O) groups is 1. The Morgan fingerprint density at radius 2 is 2.28 bits per heavy atom. The van der Waals surface area contributed by atoms with Gasteiger partial charge in [0.15, 0.2) is 0 Å². The summed E-state index contributed by atoms with van der Waals surface area (Å²) in [5, 5.41) is 5.95. The van der Waals surface area contributed by atoms with Crippen LogP contribution in [0.4, 0.5) is 0 Å². The highest BCUT2D eigenvalue weighted by Gasteiger charge is 2.15.